The lowest BCUT2D eigenvalue weighted by Crippen LogP contribution is -2.10. The monoisotopic (exact) mass is 288 g/mol. The number of hydrogen-bond acceptors (Lipinski definition) is 0. The van der Waals surface area contributed by atoms with Crippen molar-refractivity contribution < 1.29 is 13.2 Å². The lowest BCUT2D eigenvalue weighted by Gasteiger charge is -2.16. The summed E-state index contributed by atoms with van der Waals surface area (Å²) >= 11 is 0. The summed E-state index contributed by atoms with van der Waals surface area (Å²) in [6.45, 7) is 3.62. The fraction of sp³-hybridized carbons (Fsp3) is 0.222. The molecule has 0 heterocycles. The molecule has 1 atom stereocenters. The van der Waals surface area contributed by atoms with E-state index in [0.717, 1.165) is 16.7 Å². The van der Waals surface area contributed by atoms with Gasteiger partial charge in [0.2, 0.25) is 0 Å². The van der Waals surface area contributed by atoms with E-state index in [1.165, 1.54) is 6.08 Å². The zero-order chi connectivity index (χ0) is 15.2. The number of halogens is 3. The second-order valence-corrected chi connectivity index (χ2v) is 5.45. The predicted octanol–water partition coefficient (Wildman–Crippen LogP) is 5.39. The molecule has 0 saturated heterocycles. The molecule has 1 aliphatic carbocycles. The average Bonchev–Trinajstić information content (AvgIpc) is 2.86. The van der Waals surface area contributed by atoms with Crippen molar-refractivity contribution in [2.24, 2.45) is 0 Å². The Morgan fingerprint density at radius 2 is 1.48 bits per heavy atom. The van der Waals surface area contributed by atoms with Crippen LogP contribution >= 0.6 is 0 Å². The molecule has 0 bridgehead atoms. The molecule has 0 saturated carbocycles. The van der Waals surface area contributed by atoms with Crippen LogP contribution in [0.5, 0.6) is 0 Å². The fourth-order valence-electron chi connectivity index (χ4n) is 3.08. The highest BCUT2D eigenvalue weighted by molar-refractivity contribution is 5.82. The third-order valence-corrected chi connectivity index (χ3v) is 4.05. The molecular weight excluding hydrogens is 273 g/mol. The molecule has 0 spiro atoms. The maximum Gasteiger partial charge on any atom is 0.416 e. The topological polar surface area (TPSA) is 0 Å². The number of alkyl halides is 3. The Labute approximate surface area is 121 Å². The largest absolute Gasteiger partial charge is 0.416 e. The van der Waals surface area contributed by atoms with Crippen molar-refractivity contribution >= 4 is 5.57 Å². The van der Waals surface area contributed by atoms with Crippen molar-refractivity contribution in [3.63, 3.8) is 0 Å². The van der Waals surface area contributed by atoms with E-state index >= 15 is 0 Å². The first kappa shape index (κ1) is 13.9. The third-order valence-electron chi connectivity index (χ3n) is 4.05. The van der Waals surface area contributed by atoms with E-state index in [1.807, 2.05) is 43.3 Å². The summed E-state index contributed by atoms with van der Waals surface area (Å²) in [5.74, 6) is -0.322. The van der Waals surface area contributed by atoms with Crippen LogP contribution in [0.4, 0.5) is 13.2 Å². The molecule has 2 aromatic carbocycles. The Kier molecular flexibility index (Phi) is 3.16. The van der Waals surface area contributed by atoms with Gasteiger partial charge in [-0.2, -0.15) is 13.2 Å². The molecule has 0 aromatic heterocycles. The summed E-state index contributed by atoms with van der Waals surface area (Å²) in [5, 5.41) is 0. The van der Waals surface area contributed by atoms with E-state index in [2.05, 4.69) is 0 Å². The second-order valence-electron chi connectivity index (χ2n) is 5.45. The molecular formula is C18H15F3. The Morgan fingerprint density at radius 3 is 2.10 bits per heavy atom. The standard InChI is InChI=1S/C18H15F3/c1-11-8-9-12(2)17-15(18(19,20)21)10-14(16(11)17)13-6-4-3-5-7-13/h3-10,14H,1-2H3. The maximum atomic E-state index is 13.4. The van der Waals surface area contributed by atoms with Gasteiger partial charge >= 0.3 is 6.18 Å². The van der Waals surface area contributed by atoms with Crippen molar-refractivity contribution in [1.82, 2.24) is 0 Å². The Hall–Kier alpha value is -2.03. The highest BCUT2D eigenvalue weighted by Gasteiger charge is 2.42. The molecule has 3 heteroatoms. The number of allylic oxidation sites excluding steroid dienone is 2. The highest BCUT2D eigenvalue weighted by Crippen LogP contribution is 2.49. The minimum atomic E-state index is -4.32. The molecule has 0 N–H and O–H groups in total. The normalized spacial score (nSPS) is 17.6. The van der Waals surface area contributed by atoms with Crippen LogP contribution in [0.1, 0.15) is 33.7 Å². The molecule has 0 radical (unpaired) electrons. The van der Waals surface area contributed by atoms with Gasteiger partial charge < -0.3 is 0 Å². The van der Waals surface area contributed by atoms with Gasteiger partial charge in [-0.25, -0.2) is 0 Å². The van der Waals surface area contributed by atoms with Gasteiger partial charge in [-0.3, -0.25) is 0 Å². The second kappa shape index (κ2) is 4.76. The van der Waals surface area contributed by atoms with E-state index in [4.69, 9.17) is 0 Å². The van der Waals surface area contributed by atoms with E-state index < -0.39 is 11.7 Å². The number of fused-ring (bicyclic) bond motifs is 1. The predicted molar refractivity (Wildman–Crippen MR) is 78.2 cm³/mol. The first-order valence-electron chi connectivity index (χ1n) is 6.84. The van der Waals surface area contributed by atoms with Crippen LogP contribution in [0.15, 0.2) is 48.5 Å². The zero-order valence-electron chi connectivity index (χ0n) is 11.8. The quantitative estimate of drug-likeness (QED) is 0.659. The molecule has 3 rings (SSSR count). The zero-order valence-corrected chi connectivity index (χ0v) is 11.8. The summed E-state index contributed by atoms with van der Waals surface area (Å²) in [6, 6.07) is 13.0. The number of benzene rings is 2. The third kappa shape index (κ3) is 2.27. The van der Waals surface area contributed by atoms with E-state index in [-0.39, 0.29) is 5.92 Å². The molecule has 0 nitrogen and oxygen atoms in total. The molecule has 2 aromatic rings. The van der Waals surface area contributed by atoms with Gasteiger partial charge in [-0.1, -0.05) is 48.5 Å². The summed E-state index contributed by atoms with van der Waals surface area (Å²) in [4.78, 5) is 0. The van der Waals surface area contributed by atoms with Crippen molar-refractivity contribution in [3.05, 3.63) is 76.4 Å². The summed E-state index contributed by atoms with van der Waals surface area (Å²) in [6.07, 6.45) is -2.96. The molecule has 1 unspecified atom stereocenters. The summed E-state index contributed by atoms with van der Waals surface area (Å²) < 4.78 is 40.1. The van der Waals surface area contributed by atoms with Crippen LogP contribution in [-0.2, 0) is 0 Å². The van der Waals surface area contributed by atoms with E-state index in [1.54, 1.807) is 13.0 Å². The lowest BCUT2D eigenvalue weighted by molar-refractivity contribution is -0.0688. The van der Waals surface area contributed by atoms with E-state index in [9.17, 15) is 13.2 Å². The molecule has 1 aliphatic rings. The smallest absolute Gasteiger partial charge is 0.166 e. The van der Waals surface area contributed by atoms with Gasteiger partial charge in [0.05, 0.1) is 5.57 Å². The van der Waals surface area contributed by atoms with Gasteiger partial charge in [0.1, 0.15) is 0 Å². The van der Waals surface area contributed by atoms with Crippen molar-refractivity contribution in [2.75, 3.05) is 0 Å². The molecule has 108 valence electrons. The van der Waals surface area contributed by atoms with Gasteiger partial charge in [-0.05, 0) is 41.7 Å². The van der Waals surface area contributed by atoms with Gasteiger partial charge in [-0.15, -0.1) is 0 Å². The number of rotatable bonds is 1. The van der Waals surface area contributed by atoms with Crippen LogP contribution < -0.4 is 0 Å². The number of aryl methyl sites for hydroxylation is 2. The van der Waals surface area contributed by atoms with Crippen molar-refractivity contribution in [3.8, 4) is 0 Å². The molecule has 0 aliphatic heterocycles. The minimum Gasteiger partial charge on any atom is -0.166 e. The lowest BCUT2D eigenvalue weighted by atomic mass is 9.88. The average molecular weight is 288 g/mol. The van der Waals surface area contributed by atoms with Gasteiger partial charge in [0.25, 0.3) is 0 Å². The van der Waals surface area contributed by atoms with Gasteiger partial charge in [0.15, 0.2) is 0 Å². The van der Waals surface area contributed by atoms with Crippen molar-refractivity contribution in [2.45, 2.75) is 25.9 Å². The van der Waals surface area contributed by atoms with Gasteiger partial charge in [0, 0.05) is 5.92 Å². The van der Waals surface area contributed by atoms with E-state index in [0.29, 0.717) is 11.1 Å². The Bertz CT molecular complexity index is 709. The SMILES string of the molecule is Cc1ccc(C)c2c1C(C(F)(F)F)=CC2c1ccccc1. The first-order chi connectivity index (χ1) is 9.89. The van der Waals surface area contributed by atoms with Crippen LogP contribution in [0.2, 0.25) is 0 Å². The van der Waals surface area contributed by atoms with Crippen LogP contribution in [0.25, 0.3) is 5.57 Å². The molecule has 21 heavy (non-hydrogen) atoms. The van der Waals surface area contributed by atoms with Crippen LogP contribution in [0.3, 0.4) is 0 Å². The van der Waals surface area contributed by atoms with Crippen LogP contribution in [-0.4, -0.2) is 6.18 Å². The molecule has 0 amide bonds. The Morgan fingerprint density at radius 1 is 0.857 bits per heavy atom. The first-order valence-corrected chi connectivity index (χ1v) is 6.84. The highest BCUT2D eigenvalue weighted by atomic mass is 19.4. The summed E-state index contributed by atoms with van der Waals surface area (Å²) in [7, 11) is 0. The summed E-state index contributed by atoms with van der Waals surface area (Å²) in [5.41, 5.74) is 3.11. The number of hydrogen-bond donors (Lipinski definition) is 0. The van der Waals surface area contributed by atoms with Crippen LogP contribution in [0, 0.1) is 13.8 Å². The maximum absolute atomic E-state index is 13.4. The molecule has 0 fully saturated rings. The fourth-order valence-corrected chi connectivity index (χ4v) is 3.08. The van der Waals surface area contributed by atoms with Crippen molar-refractivity contribution in [1.29, 1.82) is 0 Å². The minimum absolute atomic E-state index is 0.322. The Balaban J connectivity index is 2.27.